The minimum Gasteiger partial charge on any atom is -0.389 e. The predicted octanol–water partition coefficient (Wildman–Crippen LogP) is 2.49. The van der Waals surface area contributed by atoms with Crippen LogP contribution in [-0.4, -0.2) is 21.6 Å². The minimum atomic E-state index is -4.45. The highest BCUT2D eigenvalue weighted by molar-refractivity contribution is 9.09. The molecule has 1 aromatic carbocycles. The molecule has 2 unspecified atom stereocenters. The molecule has 0 aromatic heterocycles. The van der Waals surface area contributed by atoms with E-state index in [0.717, 1.165) is 12.1 Å². The van der Waals surface area contributed by atoms with Crippen molar-refractivity contribution in [3.63, 3.8) is 0 Å². The van der Waals surface area contributed by atoms with Crippen LogP contribution < -0.4 is 0 Å². The van der Waals surface area contributed by atoms with E-state index in [4.69, 9.17) is 0 Å². The molecule has 0 aliphatic carbocycles. The van der Waals surface area contributed by atoms with Gasteiger partial charge in [-0.05, 0) is 17.7 Å². The molecule has 16 heavy (non-hydrogen) atoms. The van der Waals surface area contributed by atoms with Gasteiger partial charge in [-0.15, -0.1) is 0 Å². The zero-order chi connectivity index (χ0) is 12.3. The van der Waals surface area contributed by atoms with Gasteiger partial charge in [-0.2, -0.15) is 13.2 Å². The van der Waals surface area contributed by atoms with Gasteiger partial charge >= 0.3 is 6.18 Å². The van der Waals surface area contributed by atoms with Crippen LogP contribution in [0.2, 0.25) is 0 Å². The number of hydrogen-bond donors (Lipinski definition) is 2. The second-order valence-corrected chi connectivity index (χ2v) is 3.94. The molecule has 2 atom stereocenters. The Hall–Kier alpha value is -0.590. The predicted molar refractivity (Wildman–Crippen MR) is 56.2 cm³/mol. The third-order valence-electron chi connectivity index (χ3n) is 2.08. The van der Waals surface area contributed by atoms with E-state index in [1.807, 2.05) is 0 Å². The Kier molecular flexibility index (Phi) is 4.35. The van der Waals surface area contributed by atoms with Crippen molar-refractivity contribution >= 4 is 15.9 Å². The largest absolute Gasteiger partial charge is 0.416 e. The maximum Gasteiger partial charge on any atom is 0.416 e. The van der Waals surface area contributed by atoms with Gasteiger partial charge in [0.1, 0.15) is 6.10 Å². The summed E-state index contributed by atoms with van der Waals surface area (Å²) >= 11 is 2.94. The smallest absolute Gasteiger partial charge is 0.389 e. The Morgan fingerprint density at radius 2 is 1.88 bits per heavy atom. The molecule has 0 saturated carbocycles. The average molecular weight is 299 g/mol. The van der Waals surface area contributed by atoms with Gasteiger partial charge in [0.25, 0.3) is 0 Å². The number of hydrogen-bond acceptors (Lipinski definition) is 2. The average Bonchev–Trinajstić information content (AvgIpc) is 2.26. The van der Waals surface area contributed by atoms with Crippen molar-refractivity contribution in [1.29, 1.82) is 0 Å². The fourth-order valence-electron chi connectivity index (χ4n) is 1.21. The molecule has 1 aromatic rings. The standard InChI is InChI=1S/C10H10BrF3O2/c11-5-8(15)9(16)6-2-1-3-7(4-6)10(12,13)14/h1-4,8-9,15-16H,5H2. The van der Waals surface area contributed by atoms with Gasteiger partial charge < -0.3 is 10.2 Å². The van der Waals surface area contributed by atoms with Crippen molar-refractivity contribution in [3.8, 4) is 0 Å². The number of alkyl halides is 4. The molecule has 0 aliphatic rings. The van der Waals surface area contributed by atoms with E-state index >= 15 is 0 Å². The third-order valence-corrected chi connectivity index (χ3v) is 2.74. The molecule has 0 fully saturated rings. The van der Waals surface area contributed by atoms with E-state index in [2.05, 4.69) is 15.9 Å². The first kappa shape index (κ1) is 13.5. The molecule has 0 amide bonds. The molecule has 0 saturated heterocycles. The number of rotatable bonds is 3. The van der Waals surface area contributed by atoms with Crippen LogP contribution in [0.4, 0.5) is 13.2 Å². The van der Waals surface area contributed by atoms with Crippen molar-refractivity contribution in [3.05, 3.63) is 35.4 Å². The maximum absolute atomic E-state index is 12.4. The fourth-order valence-corrected chi connectivity index (χ4v) is 1.56. The summed E-state index contributed by atoms with van der Waals surface area (Å²) in [6.45, 7) is 0. The Balaban J connectivity index is 2.99. The van der Waals surface area contributed by atoms with Crippen molar-refractivity contribution in [2.45, 2.75) is 18.4 Å². The molecule has 90 valence electrons. The number of benzene rings is 1. The molecule has 2 nitrogen and oxygen atoms in total. The maximum atomic E-state index is 12.4. The highest BCUT2D eigenvalue weighted by Crippen LogP contribution is 2.31. The second-order valence-electron chi connectivity index (χ2n) is 3.29. The quantitative estimate of drug-likeness (QED) is 0.842. The summed E-state index contributed by atoms with van der Waals surface area (Å²) < 4.78 is 37.1. The summed E-state index contributed by atoms with van der Waals surface area (Å²) in [6, 6.07) is 4.28. The molecular formula is C10H10BrF3O2. The zero-order valence-electron chi connectivity index (χ0n) is 8.08. The lowest BCUT2D eigenvalue weighted by molar-refractivity contribution is -0.137. The SMILES string of the molecule is OC(CBr)C(O)c1cccc(C(F)(F)F)c1. The zero-order valence-corrected chi connectivity index (χ0v) is 9.66. The van der Waals surface area contributed by atoms with Crippen molar-refractivity contribution < 1.29 is 23.4 Å². The normalized spacial score (nSPS) is 15.9. The summed E-state index contributed by atoms with van der Waals surface area (Å²) in [5.74, 6) is 0. The lowest BCUT2D eigenvalue weighted by atomic mass is 10.0. The van der Waals surface area contributed by atoms with E-state index in [9.17, 15) is 23.4 Å². The fraction of sp³-hybridized carbons (Fsp3) is 0.400. The van der Waals surface area contributed by atoms with E-state index in [0.29, 0.717) is 0 Å². The Bertz CT molecular complexity index is 354. The van der Waals surface area contributed by atoms with E-state index in [-0.39, 0.29) is 10.9 Å². The second kappa shape index (κ2) is 5.16. The molecule has 0 radical (unpaired) electrons. The molecule has 0 spiro atoms. The number of aliphatic hydroxyl groups is 2. The molecule has 1 rings (SSSR count). The monoisotopic (exact) mass is 298 g/mol. The lowest BCUT2D eigenvalue weighted by Gasteiger charge is -2.17. The van der Waals surface area contributed by atoms with Crippen LogP contribution in [-0.2, 0) is 6.18 Å². The molecule has 2 N–H and O–H groups in total. The number of halogens is 4. The van der Waals surface area contributed by atoms with Gasteiger partial charge in [0.05, 0.1) is 11.7 Å². The van der Waals surface area contributed by atoms with Gasteiger partial charge in [0, 0.05) is 5.33 Å². The van der Waals surface area contributed by atoms with Crippen molar-refractivity contribution in [2.24, 2.45) is 0 Å². The van der Waals surface area contributed by atoms with Crippen LogP contribution in [0.25, 0.3) is 0 Å². The van der Waals surface area contributed by atoms with Crippen molar-refractivity contribution in [1.82, 2.24) is 0 Å². The van der Waals surface area contributed by atoms with Crippen LogP contribution in [0.15, 0.2) is 24.3 Å². The minimum absolute atomic E-state index is 0.0433. The van der Waals surface area contributed by atoms with Gasteiger partial charge in [-0.1, -0.05) is 28.1 Å². The van der Waals surface area contributed by atoms with Crippen molar-refractivity contribution in [2.75, 3.05) is 5.33 Å². The van der Waals surface area contributed by atoms with Gasteiger partial charge in [-0.25, -0.2) is 0 Å². The Morgan fingerprint density at radius 3 is 2.38 bits per heavy atom. The van der Waals surface area contributed by atoms with Gasteiger partial charge in [0.2, 0.25) is 0 Å². The summed E-state index contributed by atoms with van der Waals surface area (Å²) in [7, 11) is 0. The van der Waals surface area contributed by atoms with Crippen LogP contribution >= 0.6 is 15.9 Å². The topological polar surface area (TPSA) is 40.5 Å². The van der Waals surface area contributed by atoms with E-state index in [1.165, 1.54) is 12.1 Å². The molecule has 0 aliphatic heterocycles. The van der Waals surface area contributed by atoms with Crippen LogP contribution in [0, 0.1) is 0 Å². The van der Waals surface area contributed by atoms with E-state index in [1.54, 1.807) is 0 Å². The number of aliphatic hydroxyl groups excluding tert-OH is 2. The molecular weight excluding hydrogens is 289 g/mol. The summed E-state index contributed by atoms with van der Waals surface area (Å²) in [4.78, 5) is 0. The molecule has 0 heterocycles. The lowest BCUT2D eigenvalue weighted by Crippen LogP contribution is -2.20. The first-order valence-corrected chi connectivity index (χ1v) is 5.57. The van der Waals surface area contributed by atoms with Gasteiger partial charge in [0.15, 0.2) is 0 Å². The highest BCUT2D eigenvalue weighted by atomic mass is 79.9. The van der Waals surface area contributed by atoms with E-state index < -0.39 is 23.9 Å². The first-order valence-electron chi connectivity index (χ1n) is 4.45. The van der Waals surface area contributed by atoms with Gasteiger partial charge in [-0.3, -0.25) is 0 Å². The van der Waals surface area contributed by atoms with Crippen LogP contribution in [0.3, 0.4) is 0 Å². The third kappa shape index (κ3) is 3.20. The summed E-state index contributed by atoms with van der Waals surface area (Å²) in [5, 5.41) is 18.9. The Labute approximate surface area is 98.8 Å². The Morgan fingerprint density at radius 1 is 1.25 bits per heavy atom. The molecule has 0 bridgehead atoms. The van der Waals surface area contributed by atoms with Crippen LogP contribution in [0.1, 0.15) is 17.2 Å². The summed E-state index contributed by atoms with van der Waals surface area (Å²) in [6.07, 6.45) is -6.92. The van der Waals surface area contributed by atoms with Crippen LogP contribution in [0.5, 0.6) is 0 Å². The summed E-state index contributed by atoms with van der Waals surface area (Å²) in [5.41, 5.74) is -0.799. The first-order chi connectivity index (χ1) is 7.36. The molecule has 6 heteroatoms. The highest BCUT2D eigenvalue weighted by Gasteiger charge is 2.31.